The predicted molar refractivity (Wildman–Crippen MR) is 107 cm³/mol. The highest BCUT2D eigenvalue weighted by Crippen LogP contribution is 2.48. The number of ether oxygens (including phenoxy) is 1. The first-order chi connectivity index (χ1) is 12.5. The van der Waals surface area contributed by atoms with Crippen molar-refractivity contribution in [2.45, 2.75) is 27.7 Å². The van der Waals surface area contributed by atoms with Crippen molar-refractivity contribution < 1.29 is 9.30 Å². The minimum Gasteiger partial charge on any atom is -0.450 e. The Labute approximate surface area is 153 Å². The van der Waals surface area contributed by atoms with Gasteiger partial charge in [0.1, 0.15) is 12.8 Å². The zero-order valence-electron chi connectivity index (χ0n) is 15.9. The van der Waals surface area contributed by atoms with Gasteiger partial charge in [-0.05, 0) is 61.4 Å². The standard InChI is InChI=1S/C24H22NO/c1-13-9-17-11-15(3)16(4)22-23(17)20(10-13)26-21-12-18-14(2)7-6-8-19(18)25(5)24(21)22/h6-12H,1-5H3/q+1. The number of pyridine rings is 1. The summed E-state index contributed by atoms with van der Waals surface area (Å²) in [6.07, 6.45) is 0. The molecule has 0 fully saturated rings. The number of hydrogen-bond acceptors (Lipinski definition) is 1. The van der Waals surface area contributed by atoms with Crippen LogP contribution in [-0.4, -0.2) is 0 Å². The van der Waals surface area contributed by atoms with Crippen molar-refractivity contribution in [3.63, 3.8) is 0 Å². The normalized spacial score (nSPS) is 12.3. The highest BCUT2D eigenvalue weighted by atomic mass is 16.5. The Morgan fingerprint density at radius 3 is 2.46 bits per heavy atom. The Morgan fingerprint density at radius 1 is 0.846 bits per heavy atom. The van der Waals surface area contributed by atoms with Gasteiger partial charge in [-0.1, -0.05) is 24.3 Å². The lowest BCUT2D eigenvalue weighted by Gasteiger charge is -2.23. The molecule has 2 heterocycles. The molecule has 5 rings (SSSR count). The molecule has 0 bridgehead atoms. The average molecular weight is 340 g/mol. The first-order valence-corrected chi connectivity index (χ1v) is 9.11. The van der Waals surface area contributed by atoms with Crippen LogP contribution in [0.25, 0.3) is 32.9 Å². The third kappa shape index (κ3) is 1.90. The van der Waals surface area contributed by atoms with Crippen molar-refractivity contribution in [1.29, 1.82) is 0 Å². The molecule has 0 N–H and O–H groups in total. The second-order valence-electron chi connectivity index (χ2n) is 7.58. The number of hydrogen-bond donors (Lipinski definition) is 0. The quantitative estimate of drug-likeness (QED) is 0.324. The fraction of sp³-hybridized carbons (Fsp3) is 0.208. The molecule has 0 atom stereocenters. The van der Waals surface area contributed by atoms with E-state index in [1.54, 1.807) is 0 Å². The average Bonchev–Trinajstić information content (AvgIpc) is 2.59. The number of nitrogens with zero attached hydrogens (tertiary/aromatic N) is 1. The van der Waals surface area contributed by atoms with Gasteiger partial charge in [0.15, 0.2) is 5.75 Å². The number of aromatic nitrogens is 1. The smallest absolute Gasteiger partial charge is 0.256 e. The lowest BCUT2D eigenvalue weighted by Crippen LogP contribution is -2.33. The van der Waals surface area contributed by atoms with Gasteiger partial charge in [-0.2, -0.15) is 4.57 Å². The summed E-state index contributed by atoms with van der Waals surface area (Å²) in [4.78, 5) is 0. The number of fused-ring (bicyclic) bond motifs is 3. The maximum Gasteiger partial charge on any atom is 0.256 e. The van der Waals surface area contributed by atoms with Crippen LogP contribution in [0, 0.1) is 27.7 Å². The minimum absolute atomic E-state index is 0.947. The van der Waals surface area contributed by atoms with E-state index in [0.717, 1.165) is 11.5 Å². The Balaban J connectivity index is 2.03. The fourth-order valence-electron chi connectivity index (χ4n) is 4.38. The van der Waals surface area contributed by atoms with Crippen LogP contribution in [0.15, 0.2) is 42.5 Å². The molecule has 0 amide bonds. The molecule has 2 heteroatoms. The van der Waals surface area contributed by atoms with Crippen LogP contribution in [0.3, 0.4) is 0 Å². The van der Waals surface area contributed by atoms with Gasteiger partial charge in [0.2, 0.25) is 5.52 Å². The third-order valence-corrected chi connectivity index (χ3v) is 5.83. The van der Waals surface area contributed by atoms with Gasteiger partial charge in [0, 0.05) is 17.5 Å². The van der Waals surface area contributed by atoms with E-state index in [9.17, 15) is 0 Å². The molecule has 0 saturated carbocycles. The number of benzene rings is 3. The Morgan fingerprint density at radius 2 is 1.65 bits per heavy atom. The van der Waals surface area contributed by atoms with Gasteiger partial charge in [-0.15, -0.1) is 0 Å². The van der Waals surface area contributed by atoms with E-state index in [0.29, 0.717) is 0 Å². The SMILES string of the molecule is Cc1cc2c3c(c(C)c(C)cc3c1)-c1c(cc3c(C)cccc3[n+]1C)O2. The van der Waals surface area contributed by atoms with Crippen LogP contribution >= 0.6 is 0 Å². The molecule has 1 aromatic heterocycles. The second-order valence-corrected chi connectivity index (χ2v) is 7.58. The Bertz CT molecular complexity index is 1250. The molecule has 0 radical (unpaired) electrons. The van der Waals surface area contributed by atoms with Gasteiger partial charge in [-0.3, -0.25) is 0 Å². The van der Waals surface area contributed by atoms with E-state index >= 15 is 0 Å². The summed E-state index contributed by atoms with van der Waals surface area (Å²) in [5, 5.41) is 3.73. The summed E-state index contributed by atoms with van der Waals surface area (Å²) in [6.45, 7) is 8.72. The topological polar surface area (TPSA) is 13.1 Å². The van der Waals surface area contributed by atoms with E-state index in [1.165, 1.54) is 55.2 Å². The highest BCUT2D eigenvalue weighted by Gasteiger charge is 2.31. The molecule has 2 nitrogen and oxygen atoms in total. The highest BCUT2D eigenvalue weighted by molar-refractivity contribution is 6.05. The zero-order chi connectivity index (χ0) is 18.2. The Kier molecular flexibility index (Phi) is 3.00. The molecular weight excluding hydrogens is 318 g/mol. The van der Waals surface area contributed by atoms with E-state index in [-0.39, 0.29) is 0 Å². The molecule has 0 unspecified atom stereocenters. The predicted octanol–water partition coefficient (Wildman–Crippen LogP) is 5.82. The first kappa shape index (κ1) is 15.4. The lowest BCUT2D eigenvalue weighted by atomic mass is 9.89. The molecule has 0 aliphatic carbocycles. The summed E-state index contributed by atoms with van der Waals surface area (Å²) in [7, 11) is 2.15. The summed E-state index contributed by atoms with van der Waals surface area (Å²) in [6, 6.07) is 15.4. The minimum atomic E-state index is 0.947. The molecule has 4 aromatic rings. The van der Waals surface area contributed by atoms with Gasteiger partial charge < -0.3 is 4.74 Å². The fourth-order valence-corrected chi connectivity index (χ4v) is 4.38. The van der Waals surface area contributed by atoms with Crippen molar-refractivity contribution in [2.24, 2.45) is 7.05 Å². The Hall–Kier alpha value is -2.87. The third-order valence-electron chi connectivity index (χ3n) is 5.83. The maximum atomic E-state index is 6.45. The van der Waals surface area contributed by atoms with Crippen LogP contribution in [0.5, 0.6) is 11.5 Å². The summed E-state index contributed by atoms with van der Waals surface area (Å²) < 4.78 is 8.74. The van der Waals surface area contributed by atoms with E-state index in [1.807, 2.05) is 0 Å². The maximum absolute atomic E-state index is 6.45. The molecular formula is C24H22NO+. The van der Waals surface area contributed by atoms with Gasteiger partial charge in [0.05, 0.1) is 10.9 Å². The molecule has 1 aliphatic rings. The van der Waals surface area contributed by atoms with Crippen molar-refractivity contribution in [2.75, 3.05) is 0 Å². The molecule has 128 valence electrons. The largest absolute Gasteiger partial charge is 0.450 e. The number of rotatable bonds is 0. The van der Waals surface area contributed by atoms with Crippen molar-refractivity contribution in [3.8, 4) is 22.8 Å². The zero-order valence-corrected chi connectivity index (χ0v) is 15.9. The van der Waals surface area contributed by atoms with Gasteiger partial charge in [0.25, 0.3) is 5.69 Å². The van der Waals surface area contributed by atoms with Crippen LogP contribution in [0.4, 0.5) is 0 Å². The molecule has 26 heavy (non-hydrogen) atoms. The van der Waals surface area contributed by atoms with Crippen LogP contribution in [0.1, 0.15) is 22.3 Å². The lowest BCUT2D eigenvalue weighted by molar-refractivity contribution is -0.633. The first-order valence-electron chi connectivity index (χ1n) is 9.11. The van der Waals surface area contributed by atoms with Crippen LogP contribution in [0.2, 0.25) is 0 Å². The van der Waals surface area contributed by atoms with Crippen LogP contribution in [-0.2, 0) is 7.05 Å². The van der Waals surface area contributed by atoms with Crippen molar-refractivity contribution in [3.05, 3.63) is 64.7 Å². The summed E-state index contributed by atoms with van der Waals surface area (Å²) >= 11 is 0. The van der Waals surface area contributed by atoms with Crippen molar-refractivity contribution in [1.82, 2.24) is 0 Å². The molecule has 1 aliphatic heterocycles. The van der Waals surface area contributed by atoms with E-state index in [4.69, 9.17) is 4.74 Å². The second kappa shape index (κ2) is 5.07. The summed E-state index contributed by atoms with van der Waals surface area (Å²) in [5.41, 5.74) is 8.86. The van der Waals surface area contributed by atoms with Gasteiger partial charge in [-0.25, -0.2) is 0 Å². The number of aryl methyl sites for hydroxylation is 4. The van der Waals surface area contributed by atoms with Gasteiger partial charge >= 0.3 is 0 Å². The van der Waals surface area contributed by atoms with Crippen LogP contribution < -0.4 is 9.30 Å². The van der Waals surface area contributed by atoms with E-state index < -0.39 is 0 Å². The molecule has 0 saturated heterocycles. The molecule has 3 aromatic carbocycles. The van der Waals surface area contributed by atoms with E-state index in [2.05, 4.69) is 81.8 Å². The van der Waals surface area contributed by atoms with Crippen molar-refractivity contribution >= 4 is 21.7 Å². The monoisotopic (exact) mass is 340 g/mol. The molecule has 0 spiro atoms. The summed E-state index contributed by atoms with van der Waals surface area (Å²) in [5.74, 6) is 1.92.